The molecule has 90 valence electrons. The lowest BCUT2D eigenvalue weighted by atomic mass is 9.88. The normalized spacial score (nSPS) is 13.3. The van der Waals surface area contributed by atoms with E-state index in [9.17, 15) is 0 Å². The molecule has 0 bridgehead atoms. The van der Waals surface area contributed by atoms with Gasteiger partial charge in [-0.25, -0.2) is 0 Å². The molecule has 0 saturated carbocycles. The third-order valence-corrected chi connectivity index (χ3v) is 2.96. The summed E-state index contributed by atoms with van der Waals surface area (Å²) in [5.41, 5.74) is 7.79. The first-order chi connectivity index (χ1) is 7.36. The number of rotatable bonds is 3. The molecule has 0 radical (unpaired) electrons. The summed E-state index contributed by atoms with van der Waals surface area (Å²) in [7, 11) is 1.63. The SMILES string of the molecule is COc1cccc(NC(C)C(C)(C)C)c1N. The second-order valence-electron chi connectivity index (χ2n) is 5.15. The second kappa shape index (κ2) is 4.64. The topological polar surface area (TPSA) is 47.3 Å². The number of nitrogen functional groups attached to an aromatic ring is 1. The Hall–Kier alpha value is -1.38. The van der Waals surface area contributed by atoms with Gasteiger partial charge in [0.2, 0.25) is 0 Å². The van der Waals surface area contributed by atoms with Crippen molar-refractivity contribution in [3.63, 3.8) is 0 Å². The van der Waals surface area contributed by atoms with E-state index in [-0.39, 0.29) is 5.41 Å². The number of para-hydroxylation sites is 1. The average Bonchev–Trinajstić information content (AvgIpc) is 2.19. The maximum absolute atomic E-state index is 6.00. The molecule has 1 atom stereocenters. The molecular formula is C13H22N2O. The molecule has 0 aliphatic heterocycles. The van der Waals surface area contributed by atoms with Crippen molar-refractivity contribution in [2.24, 2.45) is 5.41 Å². The van der Waals surface area contributed by atoms with Crippen molar-refractivity contribution < 1.29 is 4.74 Å². The molecule has 0 saturated heterocycles. The van der Waals surface area contributed by atoms with Gasteiger partial charge in [-0.2, -0.15) is 0 Å². The number of hydrogen-bond acceptors (Lipinski definition) is 3. The van der Waals surface area contributed by atoms with Gasteiger partial charge in [0.25, 0.3) is 0 Å². The minimum Gasteiger partial charge on any atom is -0.495 e. The van der Waals surface area contributed by atoms with Gasteiger partial charge in [0.05, 0.1) is 18.5 Å². The number of nitrogens with two attached hydrogens (primary N) is 1. The van der Waals surface area contributed by atoms with Gasteiger partial charge in [-0.3, -0.25) is 0 Å². The molecule has 3 N–H and O–H groups in total. The summed E-state index contributed by atoms with van der Waals surface area (Å²) in [6, 6.07) is 6.11. The molecule has 16 heavy (non-hydrogen) atoms. The van der Waals surface area contributed by atoms with Gasteiger partial charge in [-0.05, 0) is 24.5 Å². The zero-order valence-corrected chi connectivity index (χ0v) is 10.8. The van der Waals surface area contributed by atoms with Crippen molar-refractivity contribution in [3.05, 3.63) is 18.2 Å². The van der Waals surface area contributed by atoms with Crippen molar-refractivity contribution in [1.82, 2.24) is 0 Å². The third-order valence-electron chi connectivity index (χ3n) is 2.96. The first-order valence-electron chi connectivity index (χ1n) is 5.55. The van der Waals surface area contributed by atoms with Crippen molar-refractivity contribution in [1.29, 1.82) is 0 Å². The Bertz CT molecular complexity index is 355. The van der Waals surface area contributed by atoms with E-state index in [4.69, 9.17) is 10.5 Å². The number of methoxy groups -OCH3 is 1. The van der Waals surface area contributed by atoms with Crippen molar-refractivity contribution >= 4 is 11.4 Å². The fourth-order valence-electron chi connectivity index (χ4n) is 1.30. The monoisotopic (exact) mass is 222 g/mol. The predicted octanol–water partition coefficient (Wildman–Crippen LogP) is 3.12. The van der Waals surface area contributed by atoms with Gasteiger partial charge >= 0.3 is 0 Å². The molecule has 0 heterocycles. The van der Waals surface area contributed by atoms with Gasteiger partial charge in [0, 0.05) is 6.04 Å². The van der Waals surface area contributed by atoms with Gasteiger partial charge in [-0.15, -0.1) is 0 Å². The molecule has 1 aromatic rings. The van der Waals surface area contributed by atoms with Crippen LogP contribution in [0.25, 0.3) is 0 Å². The molecule has 3 nitrogen and oxygen atoms in total. The Labute approximate surface area is 98.0 Å². The molecule has 0 aromatic heterocycles. The summed E-state index contributed by atoms with van der Waals surface area (Å²) in [5.74, 6) is 0.714. The Morgan fingerprint density at radius 2 is 1.94 bits per heavy atom. The van der Waals surface area contributed by atoms with E-state index in [1.807, 2.05) is 18.2 Å². The van der Waals surface area contributed by atoms with E-state index >= 15 is 0 Å². The summed E-state index contributed by atoms with van der Waals surface area (Å²) in [6.45, 7) is 8.74. The second-order valence-corrected chi connectivity index (χ2v) is 5.15. The van der Waals surface area contributed by atoms with Crippen molar-refractivity contribution in [3.8, 4) is 5.75 Å². The standard InChI is InChI=1S/C13H22N2O/c1-9(13(2,3)4)15-10-7-6-8-11(16-5)12(10)14/h6-9,15H,14H2,1-5H3. The quantitative estimate of drug-likeness (QED) is 0.772. The molecule has 1 aromatic carbocycles. The average molecular weight is 222 g/mol. The smallest absolute Gasteiger partial charge is 0.143 e. The zero-order valence-electron chi connectivity index (χ0n) is 10.8. The molecule has 0 aliphatic carbocycles. The van der Waals surface area contributed by atoms with E-state index in [0.29, 0.717) is 17.5 Å². The fraction of sp³-hybridized carbons (Fsp3) is 0.538. The minimum absolute atomic E-state index is 0.190. The van der Waals surface area contributed by atoms with Gasteiger partial charge in [-0.1, -0.05) is 26.8 Å². The van der Waals surface area contributed by atoms with Crippen LogP contribution in [0.3, 0.4) is 0 Å². The van der Waals surface area contributed by atoms with Crippen LogP contribution >= 0.6 is 0 Å². The van der Waals surface area contributed by atoms with Crippen molar-refractivity contribution in [2.75, 3.05) is 18.2 Å². The van der Waals surface area contributed by atoms with Crippen LogP contribution in [0.15, 0.2) is 18.2 Å². The molecule has 0 amide bonds. The molecule has 0 fully saturated rings. The summed E-state index contributed by atoms with van der Waals surface area (Å²) < 4.78 is 5.19. The van der Waals surface area contributed by atoms with E-state index in [0.717, 1.165) is 5.69 Å². The minimum atomic E-state index is 0.190. The lowest BCUT2D eigenvalue weighted by Crippen LogP contribution is -2.31. The Kier molecular flexibility index (Phi) is 3.68. The van der Waals surface area contributed by atoms with Crippen LogP contribution in [0.5, 0.6) is 5.75 Å². The first-order valence-corrected chi connectivity index (χ1v) is 5.55. The molecule has 1 unspecified atom stereocenters. The Morgan fingerprint density at radius 3 is 2.44 bits per heavy atom. The summed E-state index contributed by atoms with van der Waals surface area (Å²) in [5, 5.41) is 3.42. The zero-order chi connectivity index (χ0) is 12.3. The lowest BCUT2D eigenvalue weighted by molar-refractivity contribution is 0.359. The maximum atomic E-state index is 6.00. The number of nitrogens with one attached hydrogen (secondary N) is 1. The lowest BCUT2D eigenvalue weighted by Gasteiger charge is -2.29. The van der Waals surface area contributed by atoms with Gasteiger partial charge in [0.15, 0.2) is 0 Å². The van der Waals surface area contributed by atoms with Crippen LogP contribution < -0.4 is 15.8 Å². The predicted molar refractivity (Wildman–Crippen MR) is 69.9 cm³/mol. The molecule has 1 rings (SSSR count). The van der Waals surface area contributed by atoms with Crippen LogP contribution in [0.1, 0.15) is 27.7 Å². The molecule has 3 heteroatoms. The highest BCUT2D eigenvalue weighted by Crippen LogP contribution is 2.31. The van der Waals surface area contributed by atoms with E-state index < -0.39 is 0 Å². The number of hydrogen-bond donors (Lipinski definition) is 2. The summed E-state index contributed by atoms with van der Waals surface area (Å²) >= 11 is 0. The van der Waals surface area contributed by atoms with Crippen LogP contribution in [-0.4, -0.2) is 13.2 Å². The summed E-state index contributed by atoms with van der Waals surface area (Å²) in [6.07, 6.45) is 0. The van der Waals surface area contributed by atoms with Crippen LogP contribution in [0.2, 0.25) is 0 Å². The molecular weight excluding hydrogens is 200 g/mol. The van der Waals surface area contributed by atoms with E-state index in [1.54, 1.807) is 7.11 Å². The first kappa shape index (κ1) is 12.7. The number of ether oxygens (including phenoxy) is 1. The van der Waals surface area contributed by atoms with Crippen LogP contribution in [-0.2, 0) is 0 Å². The molecule has 0 aliphatic rings. The Morgan fingerprint density at radius 1 is 1.31 bits per heavy atom. The van der Waals surface area contributed by atoms with Crippen molar-refractivity contribution in [2.45, 2.75) is 33.7 Å². The maximum Gasteiger partial charge on any atom is 0.143 e. The summed E-state index contributed by atoms with van der Waals surface area (Å²) in [4.78, 5) is 0. The van der Waals surface area contributed by atoms with Crippen LogP contribution in [0, 0.1) is 5.41 Å². The van der Waals surface area contributed by atoms with Gasteiger partial charge < -0.3 is 15.8 Å². The van der Waals surface area contributed by atoms with Gasteiger partial charge in [0.1, 0.15) is 5.75 Å². The number of benzene rings is 1. The Balaban J connectivity index is 2.90. The fourth-order valence-corrected chi connectivity index (χ4v) is 1.30. The third kappa shape index (κ3) is 2.81. The van der Waals surface area contributed by atoms with E-state index in [1.165, 1.54) is 0 Å². The number of anilines is 2. The highest BCUT2D eigenvalue weighted by atomic mass is 16.5. The molecule has 0 spiro atoms. The highest BCUT2D eigenvalue weighted by molar-refractivity contribution is 5.73. The highest BCUT2D eigenvalue weighted by Gasteiger charge is 2.20. The van der Waals surface area contributed by atoms with Crippen LogP contribution in [0.4, 0.5) is 11.4 Å². The largest absolute Gasteiger partial charge is 0.495 e. The van der Waals surface area contributed by atoms with E-state index in [2.05, 4.69) is 33.0 Å².